The highest BCUT2D eigenvalue weighted by Crippen LogP contribution is 2.38. The summed E-state index contributed by atoms with van der Waals surface area (Å²) in [7, 11) is 0. The first-order valence-electron chi connectivity index (χ1n) is 15.2. The summed E-state index contributed by atoms with van der Waals surface area (Å²) in [5.41, 5.74) is 7.73. The summed E-state index contributed by atoms with van der Waals surface area (Å²) < 4.78 is 4.42. The number of para-hydroxylation sites is 3. The van der Waals surface area contributed by atoms with Crippen LogP contribution in [-0.2, 0) is 0 Å². The van der Waals surface area contributed by atoms with Gasteiger partial charge in [-0.05, 0) is 30.3 Å². The van der Waals surface area contributed by atoms with Gasteiger partial charge in [0.15, 0.2) is 11.6 Å². The van der Waals surface area contributed by atoms with E-state index >= 15 is 0 Å². The molecule has 0 saturated carbocycles. The van der Waals surface area contributed by atoms with Gasteiger partial charge in [0.2, 0.25) is 5.95 Å². The maximum Gasteiger partial charge on any atom is 0.238 e. The Labute approximate surface area is 265 Å². The van der Waals surface area contributed by atoms with E-state index in [1.807, 2.05) is 66.7 Å². The van der Waals surface area contributed by atoms with Crippen LogP contribution < -0.4 is 0 Å². The van der Waals surface area contributed by atoms with Gasteiger partial charge < -0.3 is 4.57 Å². The standard InChI is InChI=1S/C41H25N5/c1-2-27-25-33-32-21-11-14-24-36(32)46(38(33)26-37(27)45-34-22-12-9-19-30(34)31-20-10-13-23-35(31)45)41-43-39(28-15-5-3-6-16-28)42-40(44-41)29-17-7-4-8-18-29/h1,3-26H. The smallest absolute Gasteiger partial charge is 0.238 e. The summed E-state index contributed by atoms with van der Waals surface area (Å²) in [4.78, 5) is 15.1. The van der Waals surface area contributed by atoms with Crippen molar-refractivity contribution in [2.24, 2.45) is 0 Å². The van der Waals surface area contributed by atoms with Crippen molar-refractivity contribution >= 4 is 43.6 Å². The number of fused-ring (bicyclic) bond motifs is 6. The lowest BCUT2D eigenvalue weighted by Crippen LogP contribution is -2.07. The van der Waals surface area contributed by atoms with E-state index in [1.54, 1.807) is 0 Å². The van der Waals surface area contributed by atoms with Crippen LogP contribution in [0.2, 0.25) is 0 Å². The van der Waals surface area contributed by atoms with E-state index in [2.05, 4.69) is 93.9 Å². The summed E-state index contributed by atoms with van der Waals surface area (Å²) in [5, 5.41) is 4.47. The normalized spacial score (nSPS) is 11.5. The molecule has 0 aliphatic rings. The molecule has 0 aliphatic carbocycles. The van der Waals surface area contributed by atoms with Crippen LogP contribution in [-0.4, -0.2) is 24.1 Å². The maximum atomic E-state index is 6.26. The van der Waals surface area contributed by atoms with Crippen molar-refractivity contribution in [3.8, 4) is 46.8 Å². The van der Waals surface area contributed by atoms with Crippen LogP contribution in [0.15, 0.2) is 146 Å². The zero-order valence-corrected chi connectivity index (χ0v) is 24.7. The molecule has 0 fully saturated rings. The molecule has 46 heavy (non-hydrogen) atoms. The Morgan fingerprint density at radius 3 is 1.41 bits per heavy atom. The topological polar surface area (TPSA) is 48.5 Å². The second-order valence-electron chi connectivity index (χ2n) is 11.3. The van der Waals surface area contributed by atoms with Gasteiger partial charge in [-0.2, -0.15) is 9.97 Å². The molecule has 3 aromatic heterocycles. The van der Waals surface area contributed by atoms with Gasteiger partial charge in [0, 0.05) is 38.2 Å². The number of terminal acetylenes is 1. The first kappa shape index (κ1) is 25.9. The van der Waals surface area contributed by atoms with Crippen molar-refractivity contribution in [1.29, 1.82) is 0 Å². The molecule has 0 radical (unpaired) electrons. The molecule has 9 aromatic rings. The van der Waals surface area contributed by atoms with Crippen LogP contribution in [0.5, 0.6) is 0 Å². The molecule has 3 heterocycles. The highest BCUT2D eigenvalue weighted by atomic mass is 15.2. The first-order chi connectivity index (χ1) is 22.8. The fraction of sp³-hybridized carbons (Fsp3) is 0. The van der Waals surface area contributed by atoms with Crippen molar-refractivity contribution in [1.82, 2.24) is 24.1 Å². The zero-order valence-electron chi connectivity index (χ0n) is 24.7. The molecule has 0 unspecified atom stereocenters. The Morgan fingerprint density at radius 2 is 0.891 bits per heavy atom. The number of hydrogen-bond donors (Lipinski definition) is 0. The lowest BCUT2D eigenvalue weighted by molar-refractivity contribution is 0.953. The summed E-state index contributed by atoms with van der Waals surface area (Å²) in [6, 6.07) is 49.7. The van der Waals surface area contributed by atoms with Crippen LogP contribution in [0.4, 0.5) is 0 Å². The number of nitrogens with zero attached hydrogens (tertiary/aromatic N) is 5. The van der Waals surface area contributed by atoms with Gasteiger partial charge in [0.25, 0.3) is 0 Å². The zero-order chi connectivity index (χ0) is 30.6. The Kier molecular flexibility index (Phi) is 5.81. The average Bonchev–Trinajstić information content (AvgIpc) is 3.64. The third kappa shape index (κ3) is 3.94. The Balaban J connectivity index is 1.40. The van der Waals surface area contributed by atoms with Gasteiger partial charge in [-0.1, -0.05) is 121 Å². The fourth-order valence-electron chi connectivity index (χ4n) is 6.60. The first-order valence-corrected chi connectivity index (χ1v) is 15.2. The van der Waals surface area contributed by atoms with Gasteiger partial charge in [-0.3, -0.25) is 4.57 Å². The quantitative estimate of drug-likeness (QED) is 0.193. The van der Waals surface area contributed by atoms with E-state index in [0.717, 1.165) is 55.2 Å². The van der Waals surface area contributed by atoms with Gasteiger partial charge in [-0.15, -0.1) is 6.42 Å². The van der Waals surface area contributed by atoms with E-state index < -0.39 is 0 Å². The van der Waals surface area contributed by atoms with E-state index in [4.69, 9.17) is 21.4 Å². The van der Waals surface area contributed by atoms with Crippen LogP contribution in [0.25, 0.3) is 78.0 Å². The summed E-state index contributed by atoms with van der Waals surface area (Å²) in [6.07, 6.45) is 6.26. The highest BCUT2D eigenvalue weighted by molar-refractivity contribution is 6.12. The van der Waals surface area contributed by atoms with E-state index in [0.29, 0.717) is 17.6 Å². The monoisotopic (exact) mass is 587 g/mol. The SMILES string of the molecule is C#Cc1cc2c3ccccc3n(-c3nc(-c4ccccc4)nc(-c4ccccc4)n3)c2cc1-n1c2ccccc2c2ccccc21. The van der Waals surface area contributed by atoms with Crippen molar-refractivity contribution in [3.63, 3.8) is 0 Å². The second-order valence-corrected chi connectivity index (χ2v) is 11.3. The molecule has 9 rings (SSSR count). The number of benzene rings is 6. The predicted octanol–water partition coefficient (Wildman–Crippen LogP) is 9.38. The van der Waals surface area contributed by atoms with E-state index in [1.165, 1.54) is 10.8 Å². The minimum absolute atomic E-state index is 0.542. The molecule has 5 nitrogen and oxygen atoms in total. The van der Waals surface area contributed by atoms with Gasteiger partial charge >= 0.3 is 0 Å². The van der Waals surface area contributed by atoms with Crippen molar-refractivity contribution in [3.05, 3.63) is 151 Å². The lowest BCUT2D eigenvalue weighted by Gasteiger charge is -2.13. The van der Waals surface area contributed by atoms with E-state index in [-0.39, 0.29) is 0 Å². The van der Waals surface area contributed by atoms with E-state index in [9.17, 15) is 0 Å². The minimum atomic E-state index is 0.542. The molecule has 5 heteroatoms. The molecule has 6 aromatic carbocycles. The molecule has 0 bridgehead atoms. The van der Waals surface area contributed by atoms with Crippen molar-refractivity contribution in [2.45, 2.75) is 0 Å². The highest BCUT2D eigenvalue weighted by Gasteiger charge is 2.21. The third-order valence-corrected chi connectivity index (χ3v) is 8.65. The number of hydrogen-bond acceptors (Lipinski definition) is 3. The van der Waals surface area contributed by atoms with Gasteiger partial charge in [0.05, 0.1) is 27.8 Å². The number of rotatable bonds is 4. The number of aromatic nitrogens is 5. The Hall–Kier alpha value is -6.51. The molecule has 0 spiro atoms. The van der Waals surface area contributed by atoms with Gasteiger partial charge in [0.1, 0.15) is 0 Å². The molecular formula is C41H25N5. The fourth-order valence-corrected chi connectivity index (χ4v) is 6.60. The van der Waals surface area contributed by atoms with Crippen LogP contribution in [0, 0.1) is 12.3 Å². The molecule has 0 aliphatic heterocycles. The van der Waals surface area contributed by atoms with Crippen LogP contribution >= 0.6 is 0 Å². The van der Waals surface area contributed by atoms with Crippen molar-refractivity contribution in [2.75, 3.05) is 0 Å². The second kappa shape index (κ2) is 10.3. The lowest BCUT2D eigenvalue weighted by atomic mass is 10.1. The molecular weight excluding hydrogens is 562 g/mol. The summed E-state index contributed by atoms with van der Waals surface area (Å²) >= 11 is 0. The molecule has 214 valence electrons. The molecule has 0 saturated heterocycles. The third-order valence-electron chi connectivity index (χ3n) is 8.65. The largest absolute Gasteiger partial charge is 0.308 e. The molecule has 0 N–H and O–H groups in total. The summed E-state index contributed by atoms with van der Waals surface area (Å²) in [5.74, 6) is 4.77. The molecule has 0 atom stereocenters. The van der Waals surface area contributed by atoms with Crippen LogP contribution in [0.3, 0.4) is 0 Å². The predicted molar refractivity (Wildman–Crippen MR) is 187 cm³/mol. The summed E-state index contributed by atoms with van der Waals surface area (Å²) in [6.45, 7) is 0. The van der Waals surface area contributed by atoms with Crippen molar-refractivity contribution < 1.29 is 0 Å². The Bertz CT molecular complexity index is 2530. The molecule has 0 amide bonds. The maximum absolute atomic E-state index is 6.26. The average molecular weight is 588 g/mol. The Morgan fingerprint density at radius 1 is 0.435 bits per heavy atom. The van der Waals surface area contributed by atoms with Gasteiger partial charge in [-0.25, -0.2) is 4.98 Å². The van der Waals surface area contributed by atoms with Crippen LogP contribution in [0.1, 0.15) is 5.56 Å². The minimum Gasteiger partial charge on any atom is -0.308 e.